The number of carbonyl (C=O) groups is 1. The van der Waals surface area contributed by atoms with E-state index >= 15 is 0 Å². The predicted molar refractivity (Wildman–Crippen MR) is 69.2 cm³/mol. The molecule has 0 fully saturated rings. The molecule has 5 heteroatoms. The van der Waals surface area contributed by atoms with E-state index in [9.17, 15) is 4.79 Å². The normalized spacial score (nSPS) is 9.83. The van der Waals surface area contributed by atoms with Crippen molar-refractivity contribution in [3.63, 3.8) is 0 Å². The monoisotopic (exact) mass is 242 g/mol. The Hall–Kier alpha value is -2.43. The molecule has 0 saturated carbocycles. The summed E-state index contributed by atoms with van der Waals surface area (Å²) in [6, 6.07) is 9.02. The van der Waals surface area contributed by atoms with Gasteiger partial charge in [-0.2, -0.15) is 0 Å². The predicted octanol–water partition coefficient (Wildman–Crippen LogP) is 1.45. The Kier molecular flexibility index (Phi) is 3.86. The minimum absolute atomic E-state index is 0.198. The maximum Gasteiger partial charge on any atom is 0.270 e. The van der Waals surface area contributed by atoms with Gasteiger partial charge in [0.15, 0.2) is 0 Å². The first kappa shape index (κ1) is 12.0. The quantitative estimate of drug-likeness (QED) is 0.851. The van der Waals surface area contributed by atoms with Gasteiger partial charge < -0.3 is 10.6 Å². The molecule has 18 heavy (non-hydrogen) atoms. The Morgan fingerprint density at radius 3 is 2.89 bits per heavy atom. The van der Waals surface area contributed by atoms with Crippen molar-refractivity contribution in [2.24, 2.45) is 0 Å². The highest BCUT2D eigenvalue weighted by atomic mass is 16.1. The number of hydrogen-bond donors (Lipinski definition) is 2. The summed E-state index contributed by atoms with van der Waals surface area (Å²) in [5, 5.41) is 5.69. The topological polar surface area (TPSA) is 66.9 Å². The number of pyridine rings is 2. The summed E-state index contributed by atoms with van der Waals surface area (Å²) in [5.74, 6) is 0.472. The molecule has 0 aliphatic rings. The van der Waals surface area contributed by atoms with Crippen LogP contribution in [0, 0.1) is 0 Å². The van der Waals surface area contributed by atoms with Crippen LogP contribution in [0.15, 0.2) is 42.7 Å². The summed E-state index contributed by atoms with van der Waals surface area (Å²) in [4.78, 5) is 20.0. The average molecular weight is 242 g/mol. The van der Waals surface area contributed by atoms with Crippen molar-refractivity contribution >= 4 is 11.7 Å². The first-order chi connectivity index (χ1) is 8.79. The largest absolute Gasteiger partial charge is 0.373 e. The lowest BCUT2D eigenvalue weighted by Crippen LogP contribution is -2.24. The van der Waals surface area contributed by atoms with Gasteiger partial charge in [0.2, 0.25) is 0 Å². The number of nitrogens with zero attached hydrogens (tertiary/aromatic N) is 2. The Balaban J connectivity index is 1.99. The van der Waals surface area contributed by atoms with Crippen LogP contribution in [0.1, 0.15) is 16.1 Å². The molecule has 2 heterocycles. The Morgan fingerprint density at radius 2 is 2.17 bits per heavy atom. The van der Waals surface area contributed by atoms with Gasteiger partial charge in [0.1, 0.15) is 11.5 Å². The molecular weight excluding hydrogens is 228 g/mol. The van der Waals surface area contributed by atoms with E-state index in [4.69, 9.17) is 0 Å². The molecular formula is C13H14N4O. The van der Waals surface area contributed by atoms with Gasteiger partial charge in [0.05, 0.1) is 0 Å². The second-order valence-electron chi connectivity index (χ2n) is 3.70. The zero-order valence-corrected chi connectivity index (χ0v) is 10.1. The zero-order valence-electron chi connectivity index (χ0n) is 10.1. The van der Waals surface area contributed by atoms with E-state index < -0.39 is 0 Å². The number of aromatic nitrogens is 2. The van der Waals surface area contributed by atoms with Crippen LogP contribution in [0.3, 0.4) is 0 Å². The van der Waals surface area contributed by atoms with Gasteiger partial charge in [-0.05, 0) is 23.8 Å². The molecule has 2 rings (SSSR count). The molecule has 0 aliphatic heterocycles. The second kappa shape index (κ2) is 5.77. The minimum atomic E-state index is -0.198. The molecule has 2 N–H and O–H groups in total. The average Bonchev–Trinajstić information content (AvgIpc) is 2.46. The van der Waals surface area contributed by atoms with Gasteiger partial charge in [0, 0.05) is 26.0 Å². The Labute approximate surface area is 105 Å². The van der Waals surface area contributed by atoms with Gasteiger partial charge >= 0.3 is 0 Å². The summed E-state index contributed by atoms with van der Waals surface area (Å²) in [7, 11) is 1.76. The summed E-state index contributed by atoms with van der Waals surface area (Å²) < 4.78 is 0. The summed E-state index contributed by atoms with van der Waals surface area (Å²) in [6.45, 7) is 0.443. The molecule has 2 aromatic rings. The SMILES string of the molecule is CNc1cccc(C(=O)NCc2cccnc2)n1. The van der Waals surface area contributed by atoms with Gasteiger partial charge in [-0.25, -0.2) is 4.98 Å². The van der Waals surface area contributed by atoms with E-state index in [0.29, 0.717) is 18.1 Å². The van der Waals surface area contributed by atoms with Crippen LogP contribution in [-0.4, -0.2) is 22.9 Å². The molecule has 2 aromatic heterocycles. The van der Waals surface area contributed by atoms with Crippen molar-refractivity contribution in [2.75, 3.05) is 12.4 Å². The lowest BCUT2D eigenvalue weighted by molar-refractivity contribution is 0.0946. The fourth-order valence-corrected chi connectivity index (χ4v) is 1.48. The number of nitrogens with one attached hydrogen (secondary N) is 2. The van der Waals surface area contributed by atoms with E-state index in [-0.39, 0.29) is 5.91 Å². The lowest BCUT2D eigenvalue weighted by Gasteiger charge is -2.05. The molecule has 0 radical (unpaired) electrons. The number of amides is 1. The molecule has 0 bridgehead atoms. The van der Waals surface area contributed by atoms with E-state index in [1.807, 2.05) is 12.1 Å². The van der Waals surface area contributed by atoms with Crippen molar-refractivity contribution in [2.45, 2.75) is 6.54 Å². The molecule has 0 spiro atoms. The number of carbonyl (C=O) groups excluding carboxylic acids is 1. The van der Waals surface area contributed by atoms with Crippen molar-refractivity contribution in [1.82, 2.24) is 15.3 Å². The fraction of sp³-hybridized carbons (Fsp3) is 0.154. The maximum atomic E-state index is 11.9. The standard InChI is InChI=1S/C13H14N4O/c1-14-12-6-2-5-11(17-12)13(18)16-9-10-4-3-7-15-8-10/h2-8H,9H2,1H3,(H,14,17)(H,16,18). The molecule has 0 saturated heterocycles. The van der Waals surface area contributed by atoms with Crippen molar-refractivity contribution < 1.29 is 4.79 Å². The highest BCUT2D eigenvalue weighted by Crippen LogP contribution is 2.04. The van der Waals surface area contributed by atoms with Gasteiger partial charge in [-0.15, -0.1) is 0 Å². The Morgan fingerprint density at radius 1 is 1.28 bits per heavy atom. The highest BCUT2D eigenvalue weighted by molar-refractivity contribution is 5.92. The van der Waals surface area contributed by atoms with Gasteiger partial charge in [0.25, 0.3) is 5.91 Å². The summed E-state index contributed by atoms with van der Waals surface area (Å²) in [5.41, 5.74) is 1.35. The second-order valence-corrected chi connectivity index (χ2v) is 3.70. The first-order valence-electron chi connectivity index (χ1n) is 5.61. The van der Waals surface area contributed by atoms with Gasteiger partial charge in [-0.1, -0.05) is 12.1 Å². The molecule has 0 aromatic carbocycles. The van der Waals surface area contributed by atoms with E-state index in [0.717, 1.165) is 5.56 Å². The van der Waals surface area contributed by atoms with Crippen LogP contribution in [-0.2, 0) is 6.54 Å². The molecule has 0 unspecified atom stereocenters. The van der Waals surface area contributed by atoms with Gasteiger partial charge in [-0.3, -0.25) is 9.78 Å². The van der Waals surface area contributed by atoms with Crippen molar-refractivity contribution in [3.8, 4) is 0 Å². The van der Waals surface area contributed by atoms with Crippen molar-refractivity contribution in [1.29, 1.82) is 0 Å². The maximum absolute atomic E-state index is 11.9. The van der Waals surface area contributed by atoms with Crippen LogP contribution in [0.2, 0.25) is 0 Å². The van der Waals surface area contributed by atoms with Crippen LogP contribution in [0.25, 0.3) is 0 Å². The minimum Gasteiger partial charge on any atom is -0.373 e. The van der Waals surface area contributed by atoms with Crippen LogP contribution < -0.4 is 10.6 Å². The third kappa shape index (κ3) is 3.04. The first-order valence-corrected chi connectivity index (χ1v) is 5.61. The summed E-state index contributed by atoms with van der Waals surface area (Å²) in [6.07, 6.45) is 3.42. The third-order valence-electron chi connectivity index (χ3n) is 2.41. The van der Waals surface area contributed by atoms with E-state index in [2.05, 4.69) is 20.6 Å². The molecule has 0 atom stereocenters. The van der Waals surface area contributed by atoms with Crippen LogP contribution in [0.5, 0.6) is 0 Å². The third-order valence-corrected chi connectivity index (χ3v) is 2.41. The highest BCUT2D eigenvalue weighted by Gasteiger charge is 2.07. The lowest BCUT2D eigenvalue weighted by atomic mass is 10.2. The fourth-order valence-electron chi connectivity index (χ4n) is 1.48. The Bertz CT molecular complexity index is 528. The van der Waals surface area contributed by atoms with Crippen LogP contribution >= 0.6 is 0 Å². The number of anilines is 1. The molecule has 5 nitrogen and oxygen atoms in total. The van der Waals surface area contributed by atoms with E-state index in [1.165, 1.54) is 0 Å². The van der Waals surface area contributed by atoms with E-state index in [1.54, 1.807) is 37.6 Å². The number of hydrogen-bond acceptors (Lipinski definition) is 4. The number of rotatable bonds is 4. The van der Waals surface area contributed by atoms with Crippen molar-refractivity contribution in [3.05, 3.63) is 54.0 Å². The van der Waals surface area contributed by atoms with Crippen LogP contribution in [0.4, 0.5) is 5.82 Å². The zero-order chi connectivity index (χ0) is 12.8. The smallest absolute Gasteiger partial charge is 0.270 e. The molecule has 1 amide bonds. The molecule has 0 aliphatic carbocycles. The summed E-state index contributed by atoms with van der Waals surface area (Å²) >= 11 is 0. The molecule has 92 valence electrons.